The highest BCUT2D eigenvalue weighted by molar-refractivity contribution is 7.03. The maximum atomic E-state index is 5.22. The van der Waals surface area contributed by atoms with Crippen molar-refractivity contribution >= 4 is 11.5 Å². The van der Waals surface area contributed by atoms with Crippen LogP contribution < -0.4 is 4.74 Å². The molecule has 4 aromatic rings. The maximum Gasteiger partial charge on any atom is 0.142 e. The van der Waals surface area contributed by atoms with Crippen LogP contribution in [0.25, 0.3) is 22.6 Å². The highest BCUT2D eigenvalue weighted by atomic mass is 32.1. The molecule has 0 saturated heterocycles. The molecular formula is C17H15N5OS. The van der Waals surface area contributed by atoms with E-state index in [4.69, 9.17) is 4.74 Å². The van der Waals surface area contributed by atoms with Crippen molar-refractivity contribution in [3.05, 3.63) is 60.0 Å². The Kier molecular flexibility index (Phi) is 3.84. The van der Waals surface area contributed by atoms with Gasteiger partial charge in [-0.15, -0.1) is 0 Å². The second-order valence-corrected chi connectivity index (χ2v) is 5.95. The molecule has 3 heterocycles. The predicted molar refractivity (Wildman–Crippen MR) is 93.0 cm³/mol. The van der Waals surface area contributed by atoms with Gasteiger partial charge in [0.15, 0.2) is 0 Å². The number of hydrogen-bond acceptors (Lipinski definition) is 5. The average Bonchev–Trinajstić information content (AvgIpc) is 3.37. The van der Waals surface area contributed by atoms with E-state index in [9.17, 15) is 0 Å². The lowest BCUT2D eigenvalue weighted by Gasteiger charge is -2.08. The minimum atomic E-state index is 0.684. The molecule has 6 nitrogen and oxygen atoms in total. The summed E-state index contributed by atoms with van der Waals surface area (Å²) in [6, 6.07) is 7.93. The number of aromatic amines is 1. The summed E-state index contributed by atoms with van der Waals surface area (Å²) in [6.45, 7) is 0.684. The summed E-state index contributed by atoms with van der Waals surface area (Å²) in [5.41, 5.74) is 4.20. The number of benzene rings is 1. The minimum Gasteiger partial charge on any atom is -0.497 e. The number of aromatic nitrogens is 5. The maximum absolute atomic E-state index is 5.22. The van der Waals surface area contributed by atoms with Gasteiger partial charge >= 0.3 is 0 Å². The average molecular weight is 337 g/mol. The molecule has 0 radical (unpaired) electrons. The highest BCUT2D eigenvalue weighted by Gasteiger charge is 2.12. The van der Waals surface area contributed by atoms with Crippen LogP contribution in [0.3, 0.4) is 0 Å². The second-order valence-electron chi connectivity index (χ2n) is 5.29. The first-order chi connectivity index (χ1) is 11.8. The molecule has 0 fully saturated rings. The lowest BCUT2D eigenvalue weighted by molar-refractivity contribution is 0.415. The highest BCUT2D eigenvalue weighted by Crippen LogP contribution is 2.26. The number of H-pyrrole nitrogens is 1. The van der Waals surface area contributed by atoms with E-state index in [1.165, 1.54) is 11.5 Å². The second kappa shape index (κ2) is 6.29. The predicted octanol–water partition coefficient (Wildman–Crippen LogP) is 3.45. The van der Waals surface area contributed by atoms with Crippen LogP contribution in [-0.2, 0) is 6.54 Å². The van der Waals surface area contributed by atoms with Gasteiger partial charge in [-0.2, -0.15) is 5.10 Å². The molecule has 0 amide bonds. The SMILES string of the molecule is COc1ccc(-c2[nH]ncc2Cn2ccnc2-c2cnsc2)cc1. The lowest BCUT2D eigenvalue weighted by atomic mass is 10.1. The van der Waals surface area contributed by atoms with Gasteiger partial charge in [0.2, 0.25) is 0 Å². The van der Waals surface area contributed by atoms with Crippen molar-refractivity contribution in [1.82, 2.24) is 24.1 Å². The zero-order valence-electron chi connectivity index (χ0n) is 13.0. The van der Waals surface area contributed by atoms with Crippen LogP contribution >= 0.6 is 11.5 Å². The summed E-state index contributed by atoms with van der Waals surface area (Å²) < 4.78 is 11.5. The number of methoxy groups -OCH3 is 1. The summed E-state index contributed by atoms with van der Waals surface area (Å²) >= 11 is 1.42. The van der Waals surface area contributed by atoms with Gasteiger partial charge in [0.05, 0.1) is 31.7 Å². The summed E-state index contributed by atoms with van der Waals surface area (Å²) in [4.78, 5) is 4.45. The third kappa shape index (κ3) is 2.69. The topological polar surface area (TPSA) is 68.6 Å². The first-order valence-electron chi connectivity index (χ1n) is 7.42. The molecule has 3 aromatic heterocycles. The van der Waals surface area contributed by atoms with Gasteiger partial charge in [0.1, 0.15) is 11.6 Å². The quantitative estimate of drug-likeness (QED) is 0.605. The Morgan fingerprint density at radius 2 is 2.04 bits per heavy atom. The zero-order valence-corrected chi connectivity index (χ0v) is 13.8. The van der Waals surface area contributed by atoms with Crippen LogP contribution in [0.2, 0.25) is 0 Å². The van der Waals surface area contributed by atoms with E-state index < -0.39 is 0 Å². The van der Waals surface area contributed by atoms with Gasteiger partial charge in [0, 0.05) is 34.5 Å². The Balaban J connectivity index is 1.65. The van der Waals surface area contributed by atoms with E-state index in [1.807, 2.05) is 48.2 Å². The first-order valence-corrected chi connectivity index (χ1v) is 8.26. The van der Waals surface area contributed by atoms with Gasteiger partial charge in [0.25, 0.3) is 0 Å². The first kappa shape index (κ1) is 14.6. The molecule has 0 bridgehead atoms. The molecule has 1 N–H and O–H groups in total. The van der Waals surface area contributed by atoms with E-state index in [2.05, 4.69) is 24.1 Å². The molecule has 1 aromatic carbocycles. The molecule has 0 atom stereocenters. The van der Waals surface area contributed by atoms with Gasteiger partial charge in [-0.3, -0.25) is 5.10 Å². The van der Waals surface area contributed by atoms with Crippen LogP contribution in [0.4, 0.5) is 0 Å². The third-order valence-electron chi connectivity index (χ3n) is 3.84. The zero-order chi connectivity index (χ0) is 16.4. The van der Waals surface area contributed by atoms with E-state index in [-0.39, 0.29) is 0 Å². The number of hydrogen-bond donors (Lipinski definition) is 1. The molecule has 0 aliphatic rings. The van der Waals surface area contributed by atoms with Gasteiger partial charge in [-0.1, -0.05) is 0 Å². The number of ether oxygens (including phenoxy) is 1. The van der Waals surface area contributed by atoms with Crippen LogP contribution in [0.5, 0.6) is 5.75 Å². The Morgan fingerprint density at radius 1 is 1.17 bits per heavy atom. The van der Waals surface area contributed by atoms with E-state index >= 15 is 0 Å². The van der Waals surface area contributed by atoms with Crippen molar-refractivity contribution in [1.29, 1.82) is 0 Å². The normalized spacial score (nSPS) is 10.9. The Hall–Kier alpha value is -2.93. The van der Waals surface area contributed by atoms with Crippen LogP contribution in [0.15, 0.2) is 54.4 Å². The fourth-order valence-electron chi connectivity index (χ4n) is 2.63. The smallest absolute Gasteiger partial charge is 0.142 e. The fourth-order valence-corrected chi connectivity index (χ4v) is 3.15. The van der Waals surface area contributed by atoms with Crippen molar-refractivity contribution < 1.29 is 4.74 Å². The molecule has 24 heavy (non-hydrogen) atoms. The summed E-state index contributed by atoms with van der Waals surface area (Å²) in [5, 5.41) is 9.30. The molecule has 7 heteroatoms. The van der Waals surface area contributed by atoms with Crippen LogP contribution in [0.1, 0.15) is 5.56 Å². The van der Waals surface area contributed by atoms with Crippen LogP contribution in [-0.4, -0.2) is 31.2 Å². The Morgan fingerprint density at radius 3 is 2.79 bits per heavy atom. The summed E-state index contributed by atoms with van der Waals surface area (Å²) in [5.74, 6) is 1.74. The fraction of sp³-hybridized carbons (Fsp3) is 0.118. The number of imidazole rings is 1. The standard InChI is InChI=1S/C17H15N5OS/c1-23-15-4-2-12(3-5-15)16-13(8-19-21-16)10-22-7-6-18-17(22)14-9-20-24-11-14/h2-9,11H,10H2,1H3,(H,19,21). The molecule has 0 saturated carbocycles. The third-order valence-corrected chi connectivity index (χ3v) is 4.43. The van der Waals surface area contributed by atoms with Crippen molar-refractivity contribution in [2.24, 2.45) is 0 Å². The molecule has 0 unspecified atom stereocenters. The minimum absolute atomic E-state index is 0.684. The molecular weight excluding hydrogens is 322 g/mol. The summed E-state index contributed by atoms with van der Waals surface area (Å²) in [6.07, 6.45) is 7.47. The monoisotopic (exact) mass is 337 g/mol. The number of nitrogens with one attached hydrogen (secondary N) is 1. The lowest BCUT2D eigenvalue weighted by Crippen LogP contribution is -2.01. The number of rotatable bonds is 5. The van der Waals surface area contributed by atoms with Crippen molar-refractivity contribution in [3.8, 4) is 28.4 Å². The molecule has 0 aliphatic carbocycles. The Bertz CT molecular complexity index is 924. The van der Waals surface area contributed by atoms with Crippen molar-refractivity contribution in [2.45, 2.75) is 6.54 Å². The molecule has 4 rings (SSSR count). The summed E-state index contributed by atoms with van der Waals surface area (Å²) in [7, 11) is 1.66. The van der Waals surface area contributed by atoms with E-state index in [0.29, 0.717) is 6.54 Å². The van der Waals surface area contributed by atoms with Crippen molar-refractivity contribution in [3.63, 3.8) is 0 Å². The van der Waals surface area contributed by atoms with E-state index in [0.717, 1.165) is 34.0 Å². The number of nitrogens with zero attached hydrogens (tertiary/aromatic N) is 4. The molecule has 0 aliphatic heterocycles. The molecule has 120 valence electrons. The van der Waals surface area contributed by atoms with Crippen LogP contribution in [0, 0.1) is 0 Å². The van der Waals surface area contributed by atoms with Gasteiger partial charge in [-0.05, 0) is 35.8 Å². The Labute approximate surface area is 142 Å². The van der Waals surface area contributed by atoms with Gasteiger partial charge in [-0.25, -0.2) is 9.36 Å². The van der Waals surface area contributed by atoms with Gasteiger partial charge < -0.3 is 9.30 Å². The molecule has 0 spiro atoms. The largest absolute Gasteiger partial charge is 0.497 e. The van der Waals surface area contributed by atoms with E-state index in [1.54, 1.807) is 13.3 Å². The van der Waals surface area contributed by atoms with Crippen molar-refractivity contribution in [2.75, 3.05) is 7.11 Å².